The molecule has 1 atom stereocenters. The highest BCUT2D eigenvalue weighted by atomic mass is 16.4. The number of piperidine rings is 1. The second kappa shape index (κ2) is 4.20. The summed E-state index contributed by atoms with van der Waals surface area (Å²) in [5.74, 6) is -0.519. The first kappa shape index (κ1) is 11.6. The smallest absolute Gasteiger partial charge is 0.311 e. The summed E-state index contributed by atoms with van der Waals surface area (Å²) in [6, 6.07) is 0. The zero-order valence-electron chi connectivity index (χ0n) is 9.64. The lowest BCUT2D eigenvalue weighted by Gasteiger charge is -2.37. The minimum atomic E-state index is -0.824. The monoisotopic (exact) mass is 237 g/mol. The number of anilines is 1. The average Bonchev–Trinajstić information content (AvgIpc) is 2.29. The van der Waals surface area contributed by atoms with Crippen LogP contribution in [0, 0.1) is 5.41 Å². The molecule has 0 amide bonds. The highest BCUT2D eigenvalue weighted by molar-refractivity contribution is 5.75. The fourth-order valence-electron chi connectivity index (χ4n) is 2.16. The Labute approximate surface area is 98.3 Å². The minimum absolute atomic E-state index is 0.276. The first-order valence-electron chi connectivity index (χ1n) is 5.55. The predicted octanol–water partition coefficient (Wildman–Crippen LogP) is 0.461. The van der Waals surface area contributed by atoms with Crippen molar-refractivity contribution >= 4 is 11.8 Å². The Morgan fingerprint density at radius 2 is 2.41 bits per heavy atom. The number of rotatable bonds is 2. The third kappa shape index (κ3) is 2.15. The van der Waals surface area contributed by atoms with Crippen LogP contribution in [0.15, 0.2) is 17.2 Å². The Morgan fingerprint density at radius 1 is 1.65 bits per heavy atom. The van der Waals surface area contributed by atoms with E-state index in [1.165, 1.54) is 12.4 Å². The number of H-pyrrole nitrogens is 1. The molecule has 17 heavy (non-hydrogen) atoms. The summed E-state index contributed by atoms with van der Waals surface area (Å²) < 4.78 is 0. The first-order chi connectivity index (χ1) is 8.03. The van der Waals surface area contributed by atoms with Gasteiger partial charge in [-0.2, -0.15) is 0 Å². The van der Waals surface area contributed by atoms with Crippen LogP contribution in [0.25, 0.3) is 0 Å². The van der Waals surface area contributed by atoms with Gasteiger partial charge >= 0.3 is 5.97 Å². The third-order valence-electron chi connectivity index (χ3n) is 3.20. The molecule has 1 aliphatic rings. The van der Waals surface area contributed by atoms with Gasteiger partial charge in [0, 0.05) is 25.5 Å². The number of nitrogens with zero attached hydrogens (tertiary/aromatic N) is 2. The Morgan fingerprint density at radius 3 is 3.06 bits per heavy atom. The number of aromatic amines is 1. The van der Waals surface area contributed by atoms with Crippen molar-refractivity contribution in [3.05, 3.63) is 22.7 Å². The predicted molar refractivity (Wildman–Crippen MR) is 62.0 cm³/mol. The van der Waals surface area contributed by atoms with Crippen LogP contribution in [0.5, 0.6) is 0 Å². The molecule has 2 heterocycles. The zero-order chi connectivity index (χ0) is 12.5. The molecule has 1 aromatic rings. The Bertz CT molecular complexity index is 485. The van der Waals surface area contributed by atoms with E-state index < -0.39 is 11.4 Å². The van der Waals surface area contributed by atoms with E-state index in [1.54, 1.807) is 11.8 Å². The number of carbonyl (C=O) groups is 1. The van der Waals surface area contributed by atoms with Crippen molar-refractivity contribution in [3.8, 4) is 0 Å². The number of carboxylic acids is 1. The lowest BCUT2D eigenvalue weighted by molar-refractivity contribution is -0.148. The van der Waals surface area contributed by atoms with Gasteiger partial charge in [-0.25, -0.2) is 4.98 Å². The largest absolute Gasteiger partial charge is 0.481 e. The van der Waals surface area contributed by atoms with E-state index in [0.29, 0.717) is 25.3 Å². The lowest BCUT2D eigenvalue weighted by Crippen LogP contribution is -2.47. The van der Waals surface area contributed by atoms with Crippen LogP contribution in [-0.4, -0.2) is 34.1 Å². The second-order valence-corrected chi connectivity index (χ2v) is 4.63. The molecule has 0 bridgehead atoms. The summed E-state index contributed by atoms with van der Waals surface area (Å²) in [6.07, 6.45) is 4.35. The number of nitrogens with one attached hydrogen (secondary N) is 1. The maximum absolute atomic E-state index is 11.6. The molecular weight excluding hydrogens is 222 g/mol. The highest BCUT2D eigenvalue weighted by Gasteiger charge is 2.38. The molecule has 0 saturated carbocycles. The quantitative estimate of drug-likeness (QED) is 0.780. The molecule has 1 aliphatic heterocycles. The highest BCUT2D eigenvalue weighted by Crippen LogP contribution is 2.30. The van der Waals surface area contributed by atoms with E-state index in [-0.39, 0.29) is 5.56 Å². The number of carboxylic acid groups (broad SMARTS) is 1. The van der Waals surface area contributed by atoms with E-state index in [0.717, 1.165) is 6.42 Å². The average molecular weight is 237 g/mol. The van der Waals surface area contributed by atoms with E-state index >= 15 is 0 Å². The van der Waals surface area contributed by atoms with Gasteiger partial charge in [-0.3, -0.25) is 9.59 Å². The van der Waals surface area contributed by atoms with Gasteiger partial charge in [0.25, 0.3) is 5.56 Å². The number of aliphatic carboxylic acids is 1. The molecule has 1 saturated heterocycles. The van der Waals surface area contributed by atoms with Crippen molar-refractivity contribution in [1.29, 1.82) is 0 Å². The van der Waals surface area contributed by atoms with E-state index in [2.05, 4.69) is 9.97 Å². The van der Waals surface area contributed by atoms with Crippen molar-refractivity contribution in [2.75, 3.05) is 18.0 Å². The van der Waals surface area contributed by atoms with Crippen molar-refractivity contribution in [1.82, 2.24) is 9.97 Å². The van der Waals surface area contributed by atoms with Crippen LogP contribution < -0.4 is 10.5 Å². The van der Waals surface area contributed by atoms with Gasteiger partial charge < -0.3 is 15.0 Å². The molecule has 0 aromatic carbocycles. The zero-order valence-corrected chi connectivity index (χ0v) is 9.64. The molecule has 6 heteroatoms. The maximum atomic E-state index is 11.6. The molecule has 0 aliphatic carbocycles. The fourth-order valence-corrected chi connectivity index (χ4v) is 2.16. The molecule has 1 fully saturated rings. The van der Waals surface area contributed by atoms with Gasteiger partial charge in [0.15, 0.2) is 5.82 Å². The van der Waals surface area contributed by atoms with Crippen molar-refractivity contribution in [3.63, 3.8) is 0 Å². The Hall–Kier alpha value is -1.85. The van der Waals surface area contributed by atoms with E-state index in [1.807, 2.05) is 0 Å². The molecular formula is C11H15N3O3. The van der Waals surface area contributed by atoms with Gasteiger partial charge in [0.1, 0.15) is 0 Å². The molecule has 2 N–H and O–H groups in total. The molecule has 0 spiro atoms. The Balaban J connectivity index is 2.27. The summed E-state index contributed by atoms with van der Waals surface area (Å²) >= 11 is 0. The first-order valence-corrected chi connectivity index (χ1v) is 5.55. The van der Waals surface area contributed by atoms with Gasteiger partial charge in [-0.15, -0.1) is 0 Å². The van der Waals surface area contributed by atoms with Crippen LogP contribution in [-0.2, 0) is 4.79 Å². The summed E-state index contributed by atoms with van der Waals surface area (Å²) in [4.78, 5) is 31.1. The van der Waals surface area contributed by atoms with Crippen LogP contribution in [0.4, 0.5) is 5.82 Å². The number of hydrogen-bond acceptors (Lipinski definition) is 4. The lowest BCUT2D eigenvalue weighted by atomic mass is 9.82. The minimum Gasteiger partial charge on any atom is -0.481 e. The summed E-state index contributed by atoms with van der Waals surface area (Å²) in [5.41, 5.74) is -1.08. The maximum Gasteiger partial charge on any atom is 0.311 e. The SMILES string of the molecule is CC1(C(=O)O)CCCN(c2ncc[nH]c2=O)C1. The van der Waals surface area contributed by atoms with Crippen LogP contribution in [0.1, 0.15) is 19.8 Å². The van der Waals surface area contributed by atoms with Gasteiger partial charge in [-0.05, 0) is 19.8 Å². The standard InChI is InChI=1S/C11H15N3O3/c1-11(10(16)17)3-2-6-14(7-11)8-9(15)13-5-4-12-8/h4-5H,2-3,6-7H2,1H3,(H,13,15)(H,16,17). The summed E-state index contributed by atoms with van der Waals surface area (Å²) in [6.45, 7) is 2.70. The van der Waals surface area contributed by atoms with E-state index in [9.17, 15) is 14.7 Å². The normalized spacial score (nSPS) is 24.6. The van der Waals surface area contributed by atoms with Gasteiger partial charge in [0.2, 0.25) is 0 Å². The number of aromatic nitrogens is 2. The molecule has 6 nitrogen and oxygen atoms in total. The van der Waals surface area contributed by atoms with E-state index in [4.69, 9.17) is 0 Å². The molecule has 2 rings (SSSR count). The molecule has 1 aromatic heterocycles. The van der Waals surface area contributed by atoms with Crippen LogP contribution in [0.2, 0.25) is 0 Å². The van der Waals surface area contributed by atoms with Crippen molar-refractivity contribution in [2.45, 2.75) is 19.8 Å². The summed E-state index contributed by atoms with van der Waals surface area (Å²) in [5, 5.41) is 9.20. The third-order valence-corrected chi connectivity index (χ3v) is 3.20. The fraction of sp³-hybridized carbons (Fsp3) is 0.545. The van der Waals surface area contributed by atoms with Crippen molar-refractivity contribution in [2.24, 2.45) is 5.41 Å². The van der Waals surface area contributed by atoms with Crippen LogP contribution >= 0.6 is 0 Å². The topological polar surface area (TPSA) is 86.3 Å². The number of hydrogen-bond donors (Lipinski definition) is 2. The summed E-state index contributed by atoms with van der Waals surface area (Å²) in [7, 11) is 0. The van der Waals surface area contributed by atoms with Crippen LogP contribution in [0.3, 0.4) is 0 Å². The van der Waals surface area contributed by atoms with Gasteiger partial charge in [0.05, 0.1) is 5.41 Å². The molecule has 0 radical (unpaired) electrons. The van der Waals surface area contributed by atoms with Crippen molar-refractivity contribution < 1.29 is 9.90 Å². The van der Waals surface area contributed by atoms with Gasteiger partial charge in [-0.1, -0.05) is 0 Å². The molecule has 1 unspecified atom stereocenters. The second-order valence-electron chi connectivity index (χ2n) is 4.63. The molecule has 92 valence electrons. The Kier molecular flexibility index (Phi) is 2.87.